The molecule has 1 saturated heterocycles. The molecule has 1 aliphatic rings. The molecular weight excluding hydrogens is 222 g/mol. The molecule has 3 nitrogen and oxygen atoms in total. The Kier molecular flexibility index (Phi) is 4.59. The fourth-order valence-electron chi connectivity index (χ4n) is 2.69. The first-order valence-electron chi connectivity index (χ1n) is 7.17. The molecule has 0 spiro atoms. The summed E-state index contributed by atoms with van der Waals surface area (Å²) < 4.78 is 0. The molecule has 100 valence electrons. The second kappa shape index (κ2) is 6.19. The van der Waals surface area contributed by atoms with E-state index in [1.807, 2.05) is 0 Å². The Morgan fingerprint density at radius 3 is 2.94 bits per heavy atom. The van der Waals surface area contributed by atoms with Gasteiger partial charge in [0.2, 0.25) is 0 Å². The number of nitrogens with zero attached hydrogens (tertiary/aromatic N) is 2. The van der Waals surface area contributed by atoms with E-state index in [1.54, 1.807) is 0 Å². The van der Waals surface area contributed by atoms with Crippen molar-refractivity contribution in [2.45, 2.75) is 46.1 Å². The molecule has 1 aromatic heterocycles. The summed E-state index contributed by atoms with van der Waals surface area (Å²) in [5, 5.41) is 0. The van der Waals surface area contributed by atoms with Crippen LogP contribution in [0.2, 0.25) is 0 Å². The molecule has 0 aliphatic carbocycles. The molecule has 0 bridgehead atoms. The van der Waals surface area contributed by atoms with E-state index in [9.17, 15) is 0 Å². The van der Waals surface area contributed by atoms with Crippen molar-refractivity contribution in [2.24, 2.45) is 11.7 Å². The lowest BCUT2D eigenvalue weighted by atomic mass is 10.00. The highest BCUT2D eigenvalue weighted by Gasteiger charge is 2.18. The Morgan fingerprint density at radius 1 is 1.44 bits per heavy atom. The van der Waals surface area contributed by atoms with Crippen LogP contribution in [0.25, 0.3) is 0 Å². The van der Waals surface area contributed by atoms with Crippen molar-refractivity contribution in [1.29, 1.82) is 0 Å². The van der Waals surface area contributed by atoms with E-state index in [1.165, 1.54) is 24.1 Å². The molecule has 3 heteroatoms. The van der Waals surface area contributed by atoms with E-state index in [0.717, 1.165) is 37.7 Å². The van der Waals surface area contributed by atoms with Crippen LogP contribution in [0.1, 0.15) is 44.4 Å². The Balaban J connectivity index is 2.22. The molecule has 0 amide bonds. The van der Waals surface area contributed by atoms with Gasteiger partial charge in [-0.25, -0.2) is 4.98 Å². The minimum Gasteiger partial charge on any atom is -0.356 e. The standard InChI is InChI=1S/C15H25N3/c1-3-5-14-8-13(10-16)9-15(17-14)18-7-4-6-12(2)11-18/h8-9,12H,3-7,10-11,16H2,1-2H3. The highest BCUT2D eigenvalue weighted by Crippen LogP contribution is 2.23. The van der Waals surface area contributed by atoms with E-state index in [2.05, 4.69) is 30.9 Å². The fourth-order valence-corrected chi connectivity index (χ4v) is 2.69. The van der Waals surface area contributed by atoms with E-state index < -0.39 is 0 Å². The lowest BCUT2D eigenvalue weighted by Crippen LogP contribution is -2.35. The van der Waals surface area contributed by atoms with Crippen molar-refractivity contribution in [3.05, 3.63) is 23.4 Å². The average molecular weight is 247 g/mol. The number of anilines is 1. The molecule has 2 N–H and O–H groups in total. The largest absolute Gasteiger partial charge is 0.356 e. The maximum atomic E-state index is 5.79. The molecule has 0 radical (unpaired) electrons. The van der Waals surface area contributed by atoms with Crippen LogP contribution in [-0.2, 0) is 13.0 Å². The van der Waals surface area contributed by atoms with Crippen molar-refractivity contribution in [3.8, 4) is 0 Å². The van der Waals surface area contributed by atoms with Gasteiger partial charge in [-0.05, 0) is 42.9 Å². The van der Waals surface area contributed by atoms with Crippen LogP contribution in [0.4, 0.5) is 5.82 Å². The highest BCUT2D eigenvalue weighted by molar-refractivity contribution is 5.43. The first kappa shape index (κ1) is 13.3. The summed E-state index contributed by atoms with van der Waals surface area (Å²) in [5.74, 6) is 1.91. The van der Waals surface area contributed by atoms with Crippen LogP contribution < -0.4 is 10.6 Å². The van der Waals surface area contributed by atoms with Crippen LogP contribution in [0.3, 0.4) is 0 Å². The number of pyridine rings is 1. The van der Waals surface area contributed by atoms with Crippen LogP contribution in [0, 0.1) is 5.92 Å². The normalized spacial score (nSPS) is 20.2. The zero-order chi connectivity index (χ0) is 13.0. The van der Waals surface area contributed by atoms with Crippen molar-refractivity contribution in [3.63, 3.8) is 0 Å². The van der Waals surface area contributed by atoms with E-state index >= 15 is 0 Å². The molecule has 1 fully saturated rings. The van der Waals surface area contributed by atoms with E-state index in [0.29, 0.717) is 6.54 Å². The molecule has 2 rings (SSSR count). The van der Waals surface area contributed by atoms with E-state index in [-0.39, 0.29) is 0 Å². The number of aryl methyl sites for hydroxylation is 1. The minimum atomic E-state index is 0.607. The van der Waals surface area contributed by atoms with Crippen LogP contribution in [-0.4, -0.2) is 18.1 Å². The maximum absolute atomic E-state index is 5.79. The Hall–Kier alpha value is -1.09. The lowest BCUT2D eigenvalue weighted by molar-refractivity contribution is 0.444. The molecule has 18 heavy (non-hydrogen) atoms. The second-order valence-corrected chi connectivity index (χ2v) is 5.47. The molecule has 2 heterocycles. The molecule has 1 aliphatic heterocycles. The first-order valence-corrected chi connectivity index (χ1v) is 7.17. The summed E-state index contributed by atoms with van der Waals surface area (Å²) in [4.78, 5) is 7.22. The number of aromatic nitrogens is 1. The molecule has 1 unspecified atom stereocenters. The highest BCUT2D eigenvalue weighted by atomic mass is 15.2. The summed E-state index contributed by atoms with van der Waals surface area (Å²) in [6.45, 7) is 7.39. The summed E-state index contributed by atoms with van der Waals surface area (Å²) in [6.07, 6.45) is 4.80. The van der Waals surface area contributed by atoms with Gasteiger partial charge in [-0.1, -0.05) is 20.3 Å². The summed E-state index contributed by atoms with van der Waals surface area (Å²) in [7, 11) is 0. The monoisotopic (exact) mass is 247 g/mol. The smallest absolute Gasteiger partial charge is 0.129 e. The van der Waals surface area contributed by atoms with E-state index in [4.69, 9.17) is 10.7 Å². The summed E-state index contributed by atoms with van der Waals surface area (Å²) in [5.41, 5.74) is 8.19. The third-order valence-electron chi connectivity index (χ3n) is 3.65. The van der Waals surface area contributed by atoms with Gasteiger partial charge in [0.15, 0.2) is 0 Å². The maximum Gasteiger partial charge on any atom is 0.129 e. The number of rotatable bonds is 4. The summed E-state index contributed by atoms with van der Waals surface area (Å²) in [6, 6.07) is 4.32. The zero-order valence-corrected chi connectivity index (χ0v) is 11.7. The SMILES string of the molecule is CCCc1cc(CN)cc(N2CCCC(C)C2)n1. The zero-order valence-electron chi connectivity index (χ0n) is 11.7. The Bertz CT molecular complexity index is 389. The third-order valence-corrected chi connectivity index (χ3v) is 3.65. The second-order valence-electron chi connectivity index (χ2n) is 5.47. The average Bonchev–Trinajstić information content (AvgIpc) is 2.39. The number of hydrogen-bond acceptors (Lipinski definition) is 3. The van der Waals surface area contributed by atoms with Gasteiger partial charge in [0.05, 0.1) is 0 Å². The first-order chi connectivity index (χ1) is 8.72. The van der Waals surface area contributed by atoms with Crippen molar-refractivity contribution >= 4 is 5.82 Å². The van der Waals surface area contributed by atoms with Crippen LogP contribution >= 0.6 is 0 Å². The van der Waals surface area contributed by atoms with Crippen molar-refractivity contribution < 1.29 is 0 Å². The van der Waals surface area contributed by atoms with Crippen LogP contribution in [0.15, 0.2) is 12.1 Å². The fraction of sp³-hybridized carbons (Fsp3) is 0.667. The molecule has 0 aromatic carbocycles. The molecular formula is C15H25N3. The van der Waals surface area contributed by atoms with Crippen molar-refractivity contribution in [2.75, 3.05) is 18.0 Å². The number of hydrogen-bond donors (Lipinski definition) is 1. The molecule has 1 atom stereocenters. The van der Waals surface area contributed by atoms with Gasteiger partial charge in [-0.3, -0.25) is 0 Å². The predicted octanol–water partition coefficient (Wildman–Crippen LogP) is 2.73. The topological polar surface area (TPSA) is 42.1 Å². The van der Waals surface area contributed by atoms with Crippen molar-refractivity contribution in [1.82, 2.24) is 4.98 Å². The minimum absolute atomic E-state index is 0.607. The number of nitrogens with two attached hydrogens (primary N) is 1. The molecule has 1 aromatic rings. The van der Waals surface area contributed by atoms with Gasteiger partial charge >= 0.3 is 0 Å². The summed E-state index contributed by atoms with van der Waals surface area (Å²) >= 11 is 0. The quantitative estimate of drug-likeness (QED) is 0.889. The van der Waals surface area contributed by atoms with Gasteiger partial charge in [0.25, 0.3) is 0 Å². The van der Waals surface area contributed by atoms with Gasteiger partial charge < -0.3 is 10.6 Å². The van der Waals surface area contributed by atoms with Gasteiger partial charge in [0, 0.05) is 25.3 Å². The Labute approximate surface area is 110 Å². The van der Waals surface area contributed by atoms with Gasteiger partial charge in [-0.2, -0.15) is 0 Å². The number of piperidine rings is 1. The Morgan fingerprint density at radius 2 is 2.28 bits per heavy atom. The molecule has 0 saturated carbocycles. The third kappa shape index (κ3) is 3.22. The van der Waals surface area contributed by atoms with Gasteiger partial charge in [-0.15, -0.1) is 0 Å². The van der Waals surface area contributed by atoms with Crippen LogP contribution in [0.5, 0.6) is 0 Å². The predicted molar refractivity (Wildman–Crippen MR) is 76.7 cm³/mol. The lowest BCUT2D eigenvalue weighted by Gasteiger charge is -2.32. The van der Waals surface area contributed by atoms with Gasteiger partial charge in [0.1, 0.15) is 5.82 Å².